The molecule has 33 heavy (non-hydrogen) atoms. The standard InChI is InChI=1S/C27H34O5Se/c1-20(26(29)31-2)10-7-11-21(22-18-19-22)12-8-13-23(27(30)32-3)14-9-17-25(28)33-24-15-5-4-6-16-24/h4-6,11,13,15-16,22H,1,7-10,12,14,17-19H2,2-3H3/b21-11-,23-13+. The van der Waals surface area contributed by atoms with Crippen LogP contribution in [0.4, 0.5) is 0 Å². The average Bonchev–Trinajstić information content (AvgIpc) is 3.66. The van der Waals surface area contributed by atoms with Gasteiger partial charge in [-0.3, -0.25) is 0 Å². The zero-order chi connectivity index (χ0) is 24.1. The van der Waals surface area contributed by atoms with E-state index in [4.69, 9.17) is 9.47 Å². The van der Waals surface area contributed by atoms with E-state index < -0.39 is 0 Å². The van der Waals surface area contributed by atoms with Crippen LogP contribution in [0.15, 0.2) is 65.8 Å². The van der Waals surface area contributed by atoms with Crippen LogP contribution in [0.25, 0.3) is 0 Å². The fourth-order valence-corrected chi connectivity index (χ4v) is 5.21. The second kappa shape index (κ2) is 14.7. The zero-order valence-electron chi connectivity index (χ0n) is 19.6. The molecule has 1 aliphatic carbocycles. The summed E-state index contributed by atoms with van der Waals surface area (Å²) < 4.78 is 11.0. The molecule has 1 aliphatic rings. The van der Waals surface area contributed by atoms with Crippen molar-refractivity contribution in [3.63, 3.8) is 0 Å². The first-order chi connectivity index (χ1) is 15.9. The van der Waals surface area contributed by atoms with Crippen LogP contribution in [-0.2, 0) is 23.9 Å². The number of rotatable bonds is 15. The van der Waals surface area contributed by atoms with Crippen LogP contribution in [0.5, 0.6) is 0 Å². The Balaban J connectivity index is 1.83. The van der Waals surface area contributed by atoms with Crippen molar-refractivity contribution in [3.05, 3.63) is 65.8 Å². The summed E-state index contributed by atoms with van der Waals surface area (Å²) in [5, 5.41) is 0. The molecule has 0 radical (unpaired) electrons. The molecule has 0 spiro atoms. The number of methoxy groups -OCH3 is 2. The summed E-state index contributed by atoms with van der Waals surface area (Å²) in [7, 11) is 2.76. The molecule has 1 fully saturated rings. The van der Waals surface area contributed by atoms with Gasteiger partial charge in [0, 0.05) is 5.57 Å². The molecule has 0 N–H and O–H groups in total. The summed E-state index contributed by atoms with van der Waals surface area (Å²) in [4.78, 5) is 36.0. The average molecular weight is 518 g/mol. The molecule has 0 aromatic heterocycles. The topological polar surface area (TPSA) is 69.7 Å². The Hall–Kier alpha value is -2.43. The van der Waals surface area contributed by atoms with Crippen molar-refractivity contribution in [1.29, 1.82) is 0 Å². The maximum Gasteiger partial charge on any atom is 0.333 e. The predicted molar refractivity (Wildman–Crippen MR) is 131 cm³/mol. The molecule has 1 saturated carbocycles. The number of esters is 2. The minimum atomic E-state index is -0.356. The molecule has 0 saturated heterocycles. The van der Waals surface area contributed by atoms with Gasteiger partial charge in [-0.05, 0) is 0 Å². The summed E-state index contributed by atoms with van der Waals surface area (Å²) in [6.45, 7) is 3.77. The number of benzene rings is 1. The van der Waals surface area contributed by atoms with Gasteiger partial charge in [-0.15, -0.1) is 0 Å². The number of hydrogen-bond donors (Lipinski definition) is 0. The van der Waals surface area contributed by atoms with Crippen molar-refractivity contribution >= 4 is 36.0 Å². The number of carbonyl (C=O) groups is 3. The van der Waals surface area contributed by atoms with E-state index in [1.165, 1.54) is 32.6 Å². The summed E-state index contributed by atoms with van der Waals surface area (Å²) in [5.41, 5.74) is 2.51. The molecule has 6 heteroatoms. The normalized spacial score (nSPS) is 14.0. The number of carbonyl (C=O) groups excluding carboxylic acids is 3. The van der Waals surface area contributed by atoms with Crippen molar-refractivity contribution in [3.8, 4) is 0 Å². The maximum atomic E-state index is 12.3. The molecule has 0 aliphatic heterocycles. The van der Waals surface area contributed by atoms with E-state index in [9.17, 15) is 14.4 Å². The molecule has 0 atom stereocenters. The van der Waals surface area contributed by atoms with Gasteiger partial charge in [-0.2, -0.15) is 0 Å². The van der Waals surface area contributed by atoms with E-state index in [1.807, 2.05) is 36.4 Å². The Morgan fingerprint density at radius 1 is 0.939 bits per heavy atom. The largest absolute Gasteiger partial charge is 0.466 e. The third-order valence-corrected chi connectivity index (χ3v) is 7.47. The van der Waals surface area contributed by atoms with E-state index in [0.29, 0.717) is 42.7 Å². The minimum Gasteiger partial charge on any atom is -0.466 e. The van der Waals surface area contributed by atoms with Crippen LogP contribution in [0.1, 0.15) is 57.8 Å². The van der Waals surface area contributed by atoms with Crippen molar-refractivity contribution in [2.24, 2.45) is 5.92 Å². The monoisotopic (exact) mass is 518 g/mol. The van der Waals surface area contributed by atoms with Gasteiger partial charge < -0.3 is 4.74 Å². The van der Waals surface area contributed by atoms with Crippen LogP contribution < -0.4 is 4.46 Å². The van der Waals surface area contributed by atoms with Crippen molar-refractivity contribution in [1.82, 2.24) is 0 Å². The second-order valence-corrected chi connectivity index (χ2v) is 10.5. The Labute approximate surface area is 203 Å². The molecular formula is C27H34O5Se. The molecule has 1 aromatic carbocycles. The van der Waals surface area contributed by atoms with Gasteiger partial charge in [0.05, 0.1) is 7.11 Å². The smallest absolute Gasteiger partial charge is 0.333 e. The molecule has 0 amide bonds. The van der Waals surface area contributed by atoms with Gasteiger partial charge in [0.1, 0.15) is 0 Å². The van der Waals surface area contributed by atoms with Gasteiger partial charge >= 0.3 is 175 Å². The Morgan fingerprint density at radius 3 is 2.24 bits per heavy atom. The molecule has 2 rings (SSSR count). The molecule has 5 nitrogen and oxygen atoms in total. The molecule has 178 valence electrons. The molecule has 0 unspecified atom stereocenters. The maximum absolute atomic E-state index is 12.3. The summed E-state index contributed by atoms with van der Waals surface area (Å²) in [5.74, 6) is -0.0583. The van der Waals surface area contributed by atoms with E-state index in [2.05, 4.69) is 12.7 Å². The van der Waals surface area contributed by atoms with Gasteiger partial charge in [-0.1, -0.05) is 6.58 Å². The van der Waals surface area contributed by atoms with Crippen molar-refractivity contribution < 1.29 is 23.9 Å². The number of hydrogen-bond acceptors (Lipinski definition) is 5. The van der Waals surface area contributed by atoms with Crippen molar-refractivity contribution in [2.45, 2.75) is 57.8 Å². The fourth-order valence-electron chi connectivity index (χ4n) is 3.53. The van der Waals surface area contributed by atoms with Gasteiger partial charge in [-0.25, -0.2) is 4.79 Å². The summed E-state index contributed by atoms with van der Waals surface area (Å²) in [6, 6.07) is 9.80. The van der Waals surface area contributed by atoms with Gasteiger partial charge in [0.15, 0.2) is 0 Å². The zero-order valence-corrected chi connectivity index (χ0v) is 21.4. The first-order valence-corrected chi connectivity index (χ1v) is 13.1. The van der Waals surface area contributed by atoms with E-state index in [-0.39, 0.29) is 31.6 Å². The summed E-state index contributed by atoms with van der Waals surface area (Å²) in [6.07, 6.45) is 11.2. The Morgan fingerprint density at radius 2 is 1.61 bits per heavy atom. The van der Waals surface area contributed by atoms with E-state index >= 15 is 0 Å². The summed E-state index contributed by atoms with van der Waals surface area (Å²) >= 11 is -0.181. The van der Waals surface area contributed by atoms with Crippen LogP contribution in [0.2, 0.25) is 0 Å². The van der Waals surface area contributed by atoms with Gasteiger partial charge in [0.2, 0.25) is 0 Å². The molecule has 1 aromatic rings. The fraction of sp³-hybridized carbons (Fsp3) is 0.444. The SMILES string of the molecule is C=C(CC/C=C(/CC/C=C(\CCCC(=O)[Se]c1ccccc1)C(=O)OC)C1CC1)C(=O)OC. The third-order valence-electron chi connectivity index (χ3n) is 5.50. The van der Waals surface area contributed by atoms with E-state index in [0.717, 1.165) is 23.7 Å². The quantitative estimate of drug-likeness (QED) is 0.149. The number of allylic oxidation sites excluding steroid dienone is 3. The molecule has 0 heterocycles. The molecule has 0 bridgehead atoms. The first kappa shape index (κ1) is 26.8. The third kappa shape index (κ3) is 10.4. The van der Waals surface area contributed by atoms with Gasteiger partial charge in [0.25, 0.3) is 0 Å². The Bertz CT molecular complexity index is 881. The van der Waals surface area contributed by atoms with E-state index in [1.54, 1.807) is 0 Å². The molecular weight excluding hydrogens is 483 g/mol. The second-order valence-electron chi connectivity index (χ2n) is 8.09. The number of ether oxygens (including phenoxy) is 2. The van der Waals surface area contributed by atoms with Crippen LogP contribution in [0.3, 0.4) is 0 Å². The van der Waals surface area contributed by atoms with Crippen LogP contribution >= 0.6 is 0 Å². The minimum absolute atomic E-state index is 0.181. The van der Waals surface area contributed by atoms with Crippen LogP contribution in [0, 0.1) is 5.92 Å². The van der Waals surface area contributed by atoms with Crippen LogP contribution in [-0.4, -0.2) is 45.8 Å². The van der Waals surface area contributed by atoms with Crippen molar-refractivity contribution in [2.75, 3.05) is 14.2 Å². The first-order valence-electron chi connectivity index (χ1n) is 11.4. The predicted octanol–water partition coefficient (Wildman–Crippen LogP) is 4.44. The Kier molecular flexibility index (Phi) is 11.9.